The van der Waals surface area contributed by atoms with Crippen LogP contribution in [0.15, 0.2) is 48.5 Å². The first-order chi connectivity index (χ1) is 12.9. The highest BCUT2D eigenvalue weighted by molar-refractivity contribution is 7.94. The van der Waals surface area contributed by atoms with Gasteiger partial charge in [0.2, 0.25) is 15.9 Å². The van der Waals surface area contributed by atoms with Crippen LogP contribution in [0.3, 0.4) is 0 Å². The Bertz CT molecular complexity index is 961. The van der Waals surface area contributed by atoms with Crippen molar-refractivity contribution in [3.8, 4) is 0 Å². The molecule has 2 aromatic rings. The van der Waals surface area contributed by atoms with E-state index in [-0.39, 0.29) is 34.4 Å². The number of hydrogen-bond acceptors (Lipinski definition) is 4. The maximum absolute atomic E-state index is 12.3. The molecule has 142 valence electrons. The number of benzene rings is 2. The number of hydrogen-bond donors (Lipinski definition) is 1. The molecule has 0 atom stereocenters. The Morgan fingerprint density at radius 2 is 1.89 bits per heavy atom. The van der Waals surface area contributed by atoms with Crippen LogP contribution in [0.5, 0.6) is 0 Å². The zero-order valence-electron chi connectivity index (χ0n) is 14.5. The maximum Gasteiger partial charge on any atom is 0.252 e. The molecule has 6 nitrogen and oxygen atoms in total. The Labute approximate surface area is 163 Å². The summed E-state index contributed by atoms with van der Waals surface area (Å²) in [5, 5.41) is 2.90. The van der Waals surface area contributed by atoms with E-state index in [1.165, 1.54) is 23.8 Å². The number of sulfonamides is 1. The van der Waals surface area contributed by atoms with E-state index < -0.39 is 15.9 Å². The molecule has 0 bridgehead atoms. The summed E-state index contributed by atoms with van der Waals surface area (Å²) in [7, 11) is -3.66. The van der Waals surface area contributed by atoms with Crippen molar-refractivity contribution in [1.82, 2.24) is 5.32 Å². The van der Waals surface area contributed by atoms with E-state index in [0.717, 1.165) is 17.1 Å². The third-order valence-corrected chi connectivity index (χ3v) is 6.28. The zero-order valence-corrected chi connectivity index (χ0v) is 16.1. The first-order valence-corrected chi connectivity index (χ1v) is 10.5. The predicted octanol–water partition coefficient (Wildman–Crippen LogP) is 2.77. The molecule has 27 heavy (non-hydrogen) atoms. The number of nitrogens with one attached hydrogen (secondary N) is 1. The minimum Gasteiger partial charge on any atom is -0.352 e. The number of carbonyl (C=O) groups excluding carboxylic acids is 2. The van der Waals surface area contributed by atoms with E-state index >= 15 is 0 Å². The molecule has 0 saturated carbocycles. The quantitative estimate of drug-likeness (QED) is 0.747. The normalized spacial score (nSPS) is 15.7. The highest BCUT2D eigenvalue weighted by atomic mass is 35.5. The van der Waals surface area contributed by atoms with Crippen LogP contribution in [0, 0.1) is 0 Å². The van der Waals surface area contributed by atoms with E-state index in [4.69, 9.17) is 11.6 Å². The first kappa shape index (κ1) is 19.4. The predicted molar refractivity (Wildman–Crippen MR) is 104 cm³/mol. The van der Waals surface area contributed by atoms with Gasteiger partial charge in [-0.1, -0.05) is 41.9 Å². The van der Waals surface area contributed by atoms with Gasteiger partial charge in [0.1, 0.15) is 0 Å². The van der Waals surface area contributed by atoms with Gasteiger partial charge >= 0.3 is 0 Å². The molecule has 8 heteroatoms. The lowest BCUT2D eigenvalue weighted by atomic mass is 10.1. The zero-order chi connectivity index (χ0) is 19.4. The fraction of sp³-hybridized carbons (Fsp3) is 0.263. The highest BCUT2D eigenvalue weighted by Gasteiger charge is 2.36. The molecule has 1 saturated heterocycles. The van der Waals surface area contributed by atoms with Crippen LogP contribution in [0.4, 0.5) is 5.69 Å². The van der Waals surface area contributed by atoms with Crippen LogP contribution < -0.4 is 9.62 Å². The van der Waals surface area contributed by atoms with Gasteiger partial charge in [-0.2, -0.15) is 0 Å². The largest absolute Gasteiger partial charge is 0.352 e. The van der Waals surface area contributed by atoms with E-state index in [1.807, 2.05) is 30.3 Å². The fourth-order valence-electron chi connectivity index (χ4n) is 2.92. The lowest BCUT2D eigenvalue weighted by molar-refractivity contribution is -0.116. The second kappa shape index (κ2) is 8.10. The second-order valence-corrected chi connectivity index (χ2v) is 8.58. The molecule has 0 aromatic heterocycles. The third-order valence-electron chi connectivity index (χ3n) is 4.28. The van der Waals surface area contributed by atoms with Crippen molar-refractivity contribution in [2.75, 3.05) is 16.6 Å². The molecule has 1 aliphatic rings. The van der Waals surface area contributed by atoms with Gasteiger partial charge in [-0.05, 0) is 36.6 Å². The number of rotatable bonds is 6. The molecule has 1 N–H and O–H groups in total. The molecule has 0 spiro atoms. The van der Waals surface area contributed by atoms with E-state index in [2.05, 4.69) is 5.32 Å². The summed E-state index contributed by atoms with van der Waals surface area (Å²) < 4.78 is 24.7. The minimum absolute atomic E-state index is 0.0520. The Morgan fingerprint density at radius 3 is 2.52 bits per heavy atom. The van der Waals surface area contributed by atoms with Crippen molar-refractivity contribution in [3.05, 3.63) is 64.7 Å². The van der Waals surface area contributed by atoms with Crippen molar-refractivity contribution in [2.45, 2.75) is 19.3 Å². The fourth-order valence-corrected chi connectivity index (χ4v) is 4.63. The molecule has 1 aliphatic heterocycles. The molecule has 0 aliphatic carbocycles. The van der Waals surface area contributed by atoms with E-state index in [1.54, 1.807) is 0 Å². The summed E-state index contributed by atoms with van der Waals surface area (Å²) in [5.41, 5.74) is 1.60. The van der Waals surface area contributed by atoms with Crippen molar-refractivity contribution >= 4 is 39.1 Å². The molecular weight excluding hydrogens is 388 g/mol. The number of amides is 2. The number of aryl methyl sites for hydroxylation is 1. The molecule has 0 unspecified atom stereocenters. The lowest BCUT2D eigenvalue weighted by Gasteiger charge is -2.16. The molecule has 2 amide bonds. The summed E-state index contributed by atoms with van der Waals surface area (Å²) in [6, 6.07) is 14.2. The van der Waals surface area contributed by atoms with Crippen molar-refractivity contribution < 1.29 is 18.0 Å². The average Bonchev–Trinajstić information content (AvgIpc) is 2.92. The summed E-state index contributed by atoms with van der Waals surface area (Å²) in [6.45, 7) is 0.491. The van der Waals surface area contributed by atoms with Gasteiger partial charge in [0.25, 0.3) is 5.91 Å². The number of carbonyl (C=O) groups is 2. The lowest BCUT2D eigenvalue weighted by Crippen LogP contribution is -2.29. The Balaban J connectivity index is 1.62. The van der Waals surface area contributed by atoms with Gasteiger partial charge in [-0.25, -0.2) is 12.7 Å². The average molecular weight is 407 g/mol. The van der Waals surface area contributed by atoms with E-state index in [9.17, 15) is 18.0 Å². The molecule has 1 heterocycles. The van der Waals surface area contributed by atoms with Gasteiger partial charge in [0.05, 0.1) is 22.0 Å². The van der Waals surface area contributed by atoms with Crippen molar-refractivity contribution in [2.24, 2.45) is 0 Å². The van der Waals surface area contributed by atoms with Gasteiger partial charge in [0, 0.05) is 13.0 Å². The Kier molecular flexibility index (Phi) is 5.82. The van der Waals surface area contributed by atoms with Crippen molar-refractivity contribution in [3.63, 3.8) is 0 Å². The molecule has 2 aromatic carbocycles. The molecular formula is C19H19ClN2O4S. The van der Waals surface area contributed by atoms with Gasteiger partial charge in [-0.15, -0.1) is 0 Å². The summed E-state index contributed by atoms with van der Waals surface area (Å²) >= 11 is 6.16. The van der Waals surface area contributed by atoms with Gasteiger partial charge < -0.3 is 5.32 Å². The summed E-state index contributed by atoms with van der Waals surface area (Å²) in [4.78, 5) is 24.1. The monoisotopic (exact) mass is 406 g/mol. The highest BCUT2D eigenvalue weighted by Crippen LogP contribution is 2.29. The molecule has 0 radical (unpaired) electrons. The maximum atomic E-state index is 12.3. The number of anilines is 1. The number of halogens is 1. The van der Waals surface area contributed by atoms with Crippen LogP contribution in [0.1, 0.15) is 28.8 Å². The summed E-state index contributed by atoms with van der Waals surface area (Å²) in [5.74, 6) is -1.05. The summed E-state index contributed by atoms with van der Waals surface area (Å²) in [6.07, 6.45) is 1.58. The van der Waals surface area contributed by atoms with Crippen molar-refractivity contribution in [1.29, 1.82) is 0 Å². The first-order valence-electron chi connectivity index (χ1n) is 8.56. The van der Waals surface area contributed by atoms with Crippen LogP contribution >= 0.6 is 11.6 Å². The van der Waals surface area contributed by atoms with Crippen LogP contribution in [0.2, 0.25) is 5.02 Å². The standard InChI is InChI=1S/C19H19ClN2O4S/c20-17-13-15(22-18(23)10-12-27(22,25)26)8-9-16(17)19(24)21-11-4-7-14-5-2-1-3-6-14/h1-3,5-6,8-9,13H,4,7,10-12H2,(H,21,24). The van der Waals surface area contributed by atoms with Gasteiger partial charge in [0.15, 0.2) is 0 Å². The number of nitrogens with zero attached hydrogens (tertiary/aromatic N) is 1. The van der Waals surface area contributed by atoms with E-state index in [0.29, 0.717) is 6.54 Å². The topological polar surface area (TPSA) is 83.6 Å². The molecule has 3 rings (SSSR count). The third kappa shape index (κ3) is 4.48. The van der Waals surface area contributed by atoms with Crippen LogP contribution in [-0.2, 0) is 21.2 Å². The Hall–Kier alpha value is -2.38. The minimum atomic E-state index is -3.66. The SMILES string of the molecule is O=C(NCCCc1ccccc1)c1ccc(N2C(=O)CCS2(=O)=O)cc1Cl. The van der Waals surface area contributed by atoms with Crippen LogP contribution in [-0.4, -0.2) is 32.5 Å². The van der Waals surface area contributed by atoms with Crippen LogP contribution in [0.25, 0.3) is 0 Å². The molecule has 1 fully saturated rings. The smallest absolute Gasteiger partial charge is 0.252 e. The Morgan fingerprint density at radius 1 is 1.15 bits per heavy atom. The second-order valence-electron chi connectivity index (χ2n) is 6.23. The van der Waals surface area contributed by atoms with Gasteiger partial charge in [-0.3, -0.25) is 9.59 Å².